The summed E-state index contributed by atoms with van der Waals surface area (Å²) in [6, 6.07) is 3.21. The highest BCUT2D eigenvalue weighted by molar-refractivity contribution is 9.09. The van der Waals surface area contributed by atoms with Crippen molar-refractivity contribution in [3.63, 3.8) is 0 Å². The molecule has 0 heterocycles. The average molecular weight is 390 g/mol. The Morgan fingerprint density at radius 3 is 2.14 bits per heavy atom. The van der Waals surface area contributed by atoms with Gasteiger partial charge in [-0.05, 0) is 31.9 Å². The van der Waals surface area contributed by atoms with Crippen LogP contribution in [0.25, 0.3) is 0 Å². The van der Waals surface area contributed by atoms with Crippen molar-refractivity contribution in [2.24, 2.45) is 0 Å². The molecule has 0 saturated heterocycles. The number of benzene rings is 1. The molecule has 1 aromatic carbocycles. The van der Waals surface area contributed by atoms with Crippen LogP contribution in [-0.4, -0.2) is 19.4 Å². The summed E-state index contributed by atoms with van der Waals surface area (Å²) in [4.78, 5) is -0.499. The zero-order valence-corrected chi connectivity index (χ0v) is 14.1. The Morgan fingerprint density at radius 2 is 1.67 bits per heavy atom. The zero-order valence-electron chi connectivity index (χ0n) is 11.8. The standard InChI is InChI=1S/C14H17BrClF3O2/c1-3-20-12-7-9(10(15)5-6-14(17,18)19)11(16)8-13(12)21-4-2/h7-8,10H,3-6H2,1-2H3. The first-order valence-electron chi connectivity index (χ1n) is 6.58. The van der Waals surface area contributed by atoms with Crippen molar-refractivity contribution in [2.45, 2.75) is 37.7 Å². The van der Waals surface area contributed by atoms with Crippen LogP contribution in [0, 0.1) is 0 Å². The van der Waals surface area contributed by atoms with Crippen LogP contribution in [0.4, 0.5) is 13.2 Å². The van der Waals surface area contributed by atoms with Gasteiger partial charge in [-0.3, -0.25) is 0 Å². The van der Waals surface area contributed by atoms with Gasteiger partial charge in [0.05, 0.1) is 13.2 Å². The van der Waals surface area contributed by atoms with E-state index in [-0.39, 0.29) is 6.42 Å². The molecule has 0 spiro atoms. The number of halogens is 5. The van der Waals surface area contributed by atoms with E-state index in [1.54, 1.807) is 12.1 Å². The van der Waals surface area contributed by atoms with Gasteiger partial charge in [0.25, 0.3) is 0 Å². The largest absolute Gasteiger partial charge is 0.490 e. The third-order valence-corrected chi connectivity index (χ3v) is 3.96. The van der Waals surface area contributed by atoms with Crippen LogP contribution in [0.1, 0.15) is 37.1 Å². The van der Waals surface area contributed by atoms with Crippen LogP contribution in [0.3, 0.4) is 0 Å². The summed E-state index contributed by atoms with van der Waals surface area (Å²) < 4.78 is 47.8. The summed E-state index contributed by atoms with van der Waals surface area (Å²) in [5.74, 6) is 0.971. The first-order valence-corrected chi connectivity index (χ1v) is 7.87. The molecule has 0 N–H and O–H groups in total. The Kier molecular flexibility index (Phi) is 7.13. The molecule has 0 aliphatic carbocycles. The normalized spacial score (nSPS) is 13.1. The molecule has 0 aliphatic rings. The lowest BCUT2D eigenvalue weighted by atomic mass is 10.1. The minimum Gasteiger partial charge on any atom is -0.490 e. The minimum atomic E-state index is -4.19. The fourth-order valence-electron chi connectivity index (χ4n) is 1.77. The molecule has 1 atom stereocenters. The van der Waals surface area contributed by atoms with Crippen LogP contribution >= 0.6 is 27.5 Å². The molecule has 1 unspecified atom stereocenters. The minimum absolute atomic E-state index is 0.0945. The highest BCUT2D eigenvalue weighted by Gasteiger charge is 2.29. The maximum atomic E-state index is 12.3. The Hall–Kier alpha value is -0.620. The number of hydrogen-bond acceptors (Lipinski definition) is 2. The molecule has 21 heavy (non-hydrogen) atoms. The molecule has 1 rings (SSSR count). The second-order valence-electron chi connectivity index (χ2n) is 4.31. The molecule has 0 aliphatic heterocycles. The lowest BCUT2D eigenvalue weighted by Gasteiger charge is -2.17. The van der Waals surface area contributed by atoms with Gasteiger partial charge in [-0.25, -0.2) is 0 Å². The van der Waals surface area contributed by atoms with Crippen LogP contribution in [0.15, 0.2) is 12.1 Å². The average Bonchev–Trinajstić information content (AvgIpc) is 2.38. The van der Waals surface area contributed by atoms with Crippen molar-refractivity contribution in [1.29, 1.82) is 0 Å². The smallest absolute Gasteiger partial charge is 0.389 e. The van der Waals surface area contributed by atoms with E-state index < -0.39 is 17.4 Å². The monoisotopic (exact) mass is 388 g/mol. The maximum Gasteiger partial charge on any atom is 0.389 e. The van der Waals surface area contributed by atoms with E-state index >= 15 is 0 Å². The highest BCUT2D eigenvalue weighted by Crippen LogP contribution is 2.41. The highest BCUT2D eigenvalue weighted by atomic mass is 79.9. The second-order valence-corrected chi connectivity index (χ2v) is 5.82. The number of hydrogen-bond donors (Lipinski definition) is 0. The Morgan fingerprint density at radius 1 is 1.14 bits per heavy atom. The SMILES string of the molecule is CCOc1cc(Cl)c(C(Br)CCC(F)(F)F)cc1OCC. The fourth-order valence-corrected chi connectivity index (χ4v) is 2.80. The van der Waals surface area contributed by atoms with Crippen molar-refractivity contribution in [1.82, 2.24) is 0 Å². The van der Waals surface area contributed by atoms with Crippen LogP contribution in [-0.2, 0) is 0 Å². The quantitative estimate of drug-likeness (QED) is 0.539. The Bertz CT molecular complexity index is 466. The van der Waals surface area contributed by atoms with E-state index in [4.69, 9.17) is 21.1 Å². The van der Waals surface area contributed by atoms with E-state index in [9.17, 15) is 13.2 Å². The van der Waals surface area contributed by atoms with Crippen LogP contribution in [0.2, 0.25) is 5.02 Å². The summed E-state index contributed by atoms with van der Waals surface area (Å²) in [7, 11) is 0. The number of ether oxygens (including phenoxy) is 2. The van der Waals surface area contributed by atoms with Gasteiger partial charge in [-0.2, -0.15) is 13.2 Å². The van der Waals surface area contributed by atoms with Gasteiger partial charge >= 0.3 is 6.18 Å². The third-order valence-electron chi connectivity index (χ3n) is 2.68. The molecule has 120 valence electrons. The molecule has 0 aromatic heterocycles. The zero-order chi connectivity index (χ0) is 16.0. The first kappa shape index (κ1) is 18.4. The van der Waals surface area contributed by atoms with Crippen molar-refractivity contribution >= 4 is 27.5 Å². The van der Waals surface area contributed by atoms with Crippen molar-refractivity contribution in [2.75, 3.05) is 13.2 Å². The van der Waals surface area contributed by atoms with Gasteiger partial charge in [0.2, 0.25) is 0 Å². The van der Waals surface area contributed by atoms with Gasteiger partial charge in [-0.15, -0.1) is 0 Å². The molecule has 0 amide bonds. The third kappa shape index (κ3) is 5.94. The molecule has 1 aromatic rings. The molecule has 2 nitrogen and oxygen atoms in total. The molecular weight excluding hydrogens is 373 g/mol. The molecule has 0 saturated carbocycles. The van der Waals surface area contributed by atoms with Gasteiger partial charge in [0.15, 0.2) is 11.5 Å². The molecule has 0 fully saturated rings. The Labute approximate surface area is 135 Å². The summed E-state index contributed by atoms with van der Waals surface area (Å²) >= 11 is 9.39. The van der Waals surface area contributed by atoms with E-state index in [1.807, 2.05) is 13.8 Å². The van der Waals surface area contributed by atoms with Crippen LogP contribution in [0.5, 0.6) is 11.5 Å². The number of rotatable bonds is 7. The van der Waals surface area contributed by atoms with Gasteiger partial charge in [0, 0.05) is 22.3 Å². The van der Waals surface area contributed by atoms with Crippen molar-refractivity contribution < 1.29 is 22.6 Å². The molecule has 0 bridgehead atoms. The summed E-state index contributed by atoms with van der Waals surface area (Å²) in [5, 5.41) is 0.353. The van der Waals surface area contributed by atoms with E-state index in [0.29, 0.717) is 35.3 Å². The predicted octanol–water partition coefficient (Wildman–Crippen LogP) is 5.92. The molecule has 7 heteroatoms. The molecular formula is C14H17BrClF3O2. The number of alkyl halides is 4. The summed E-state index contributed by atoms with van der Waals surface area (Å²) in [6.07, 6.45) is -5.16. The second kappa shape index (κ2) is 8.13. The van der Waals surface area contributed by atoms with E-state index in [1.165, 1.54) is 0 Å². The van der Waals surface area contributed by atoms with Gasteiger partial charge in [-0.1, -0.05) is 27.5 Å². The lowest BCUT2D eigenvalue weighted by Crippen LogP contribution is -2.08. The van der Waals surface area contributed by atoms with Crippen molar-refractivity contribution in [3.05, 3.63) is 22.7 Å². The maximum absolute atomic E-state index is 12.3. The van der Waals surface area contributed by atoms with Crippen molar-refractivity contribution in [3.8, 4) is 11.5 Å². The predicted molar refractivity (Wildman–Crippen MR) is 80.7 cm³/mol. The van der Waals surface area contributed by atoms with E-state index in [0.717, 1.165) is 0 Å². The Balaban J connectivity index is 2.98. The molecule has 0 radical (unpaired) electrons. The topological polar surface area (TPSA) is 18.5 Å². The van der Waals surface area contributed by atoms with E-state index in [2.05, 4.69) is 15.9 Å². The lowest BCUT2D eigenvalue weighted by molar-refractivity contribution is -0.135. The summed E-state index contributed by atoms with van der Waals surface area (Å²) in [5.41, 5.74) is 0.563. The van der Waals surface area contributed by atoms with Gasteiger partial charge in [0.1, 0.15) is 0 Å². The van der Waals surface area contributed by atoms with Crippen LogP contribution < -0.4 is 9.47 Å². The van der Waals surface area contributed by atoms with Gasteiger partial charge < -0.3 is 9.47 Å². The first-order chi connectivity index (χ1) is 9.78. The fraction of sp³-hybridized carbons (Fsp3) is 0.571. The summed E-state index contributed by atoms with van der Waals surface area (Å²) in [6.45, 7) is 4.52.